The molecule has 4 nitrogen and oxygen atoms in total. The van der Waals surface area contributed by atoms with Crippen molar-refractivity contribution in [2.75, 3.05) is 5.73 Å². The maximum absolute atomic E-state index is 11.6. The number of benzene rings is 1. The van der Waals surface area contributed by atoms with E-state index in [0.29, 0.717) is 16.4 Å². The van der Waals surface area contributed by atoms with Gasteiger partial charge in [0, 0.05) is 6.07 Å². The molecule has 2 aromatic rings. The molecule has 1 aromatic carbocycles. The summed E-state index contributed by atoms with van der Waals surface area (Å²) in [6, 6.07) is 6.24. The Bertz CT molecular complexity index is 595. The molecule has 0 aliphatic rings. The van der Waals surface area contributed by atoms with Crippen LogP contribution in [0.2, 0.25) is 10.0 Å². The number of rotatable bonds is 1. The zero-order valence-electron chi connectivity index (χ0n) is 8.02. The van der Waals surface area contributed by atoms with Crippen LogP contribution in [-0.4, -0.2) is 9.78 Å². The number of hydrogen-bond donors (Lipinski definition) is 1. The van der Waals surface area contributed by atoms with Crippen LogP contribution >= 0.6 is 23.2 Å². The normalized spacial score (nSPS) is 10.4. The molecule has 82 valence electrons. The van der Waals surface area contributed by atoms with Gasteiger partial charge in [-0.1, -0.05) is 29.3 Å². The second kappa shape index (κ2) is 4.15. The van der Waals surface area contributed by atoms with Gasteiger partial charge in [0.05, 0.1) is 27.6 Å². The summed E-state index contributed by atoms with van der Waals surface area (Å²) < 4.78 is 1.14. The van der Waals surface area contributed by atoms with E-state index < -0.39 is 0 Å². The minimum absolute atomic E-state index is 0.281. The van der Waals surface area contributed by atoms with E-state index in [0.717, 1.165) is 4.68 Å². The standard InChI is InChI=1S/C10H7Cl2N3O/c11-7-2-1-3-8(10(7)12)15-9(16)4-6(13)5-14-15/h1-5H,13H2. The average molecular weight is 256 g/mol. The lowest BCUT2D eigenvalue weighted by Crippen LogP contribution is -2.20. The summed E-state index contributed by atoms with van der Waals surface area (Å²) in [6.45, 7) is 0. The van der Waals surface area contributed by atoms with Crippen LogP contribution < -0.4 is 11.3 Å². The average Bonchev–Trinajstić information content (AvgIpc) is 2.23. The van der Waals surface area contributed by atoms with E-state index in [1.807, 2.05) is 0 Å². The zero-order valence-corrected chi connectivity index (χ0v) is 9.53. The highest BCUT2D eigenvalue weighted by atomic mass is 35.5. The number of halogens is 2. The summed E-state index contributed by atoms with van der Waals surface area (Å²) in [7, 11) is 0. The van der Waals surface area contributed by atoms with Crippen molar-refractivity contribution < 1.29 is 0 Å². The number of anilines is 1. The molecule has 0 bridgehead atoms. The molecule has 0 unspecified atom stereocenters. The van der Waals surface area contributed by atoms with Crippen molar-refractivity contribution in [3.05, 3.63) is 50.9 Å². The lowest BCUT2D eigenvalue weighted by molar-refractivity contribution is 0.809. The van der Waals surface area contributed by atoms with Crippen LogP contribution in [0.25, 0.3) is 5.69 Å². The fourth-order valence-corrected chi connectivity index (χ4v) is 1.63. The number of hydrogen-bond acceptors (Lipinski definition) is 3. The summed E-state index contributed by atoms with van der Waals surface area (Å²) in [4.78, 5) is 11.6. The molecule has 2 N–H and O–H groups in total. The van der Waals surface area contributed by atoms with Crippen LogP contribution in [-0.2, 0) is 0 Å². The molecule has 0 fully saturated rings. The van der Waals surface area contributed by atoms with Crippen LogP contribution in [0.1, 0.15) is 0 Å². The van der Waals surface area contributed by atoms with E-state index >= 15 is 0 Å². The first kappa shape index (κ1) is 11.0. The van der Waals surface area contributed by atoms with E-state index in [1.54, 1.807) is 18.2 Å². The second-order valence-corrected chi connectivity index (χ2v) is 3.90. The summed E-state index contributed by atoms with van der Waals surface area (Å²) in [5, 5.41) is 4.53. The maximum atomic E-state index is 11.6. The molecule has 0 saturated heterocycles. The molecule has 1 aromatic heterocycles. The first-order valence-corrected chi connectivity index (χ1v) is 5.14. The Morgan fingerprint density at radius 2 is 2.06 bits per heavy atom. The molecule has 0 aliphatic carbocycles. The summed E-state index contributed by atoms with van der Waals surface area (Å²) in [6.07, 6.45) is 1.37. The zero-order chi connectivity index (χ0) is 11.7. The second-order valence-electron chi connectivity index (χ2n) is 3.11. The molecule has 2 rings (SSSR count). The van der Waals surface area contributed by atoms with Crippen molar-refractivity contribution in [2.45, 2.75) is 0 Å². The minimum atomic E-state index is -0.357. The van der Waals surface area contributed by atoms with Crippen molar-refractivity contribution in [3.8, 4) is 5.69 Å². The van der Waals surface area contributed by atoms with Gasteiger partial charge in [-0.05, 0) is 12.1 Å². The van der Waals surface area contributed by atoms with Crippen LogP contribution in [0.4, 0.5) is 5.69 Å². The van der Waals surface area contributed by atoms with Gasteiger partial charge in [-0.2, -0.15) is 9.78 Å². The monoisotopic (exact) mass is 255 g/mol. The molecular formula is C10H7Cl2N3O. The molecule has 0 spiro atoms. The Balaban J connectivity index is 2.68. The number of nitrogen functional groups attached to an aromatic ring is 1. The van der Waals surface area contributed by atoms with Gasteiger partial charge in [0.15, 0.2) is 0 Å². The first-order valence-electron chi connectivity index (χ1n) is 4.39. The van der Waals surface area contributed by atoms with Crippen molar-refractivity contribution >= 4 is 28.9 Å². The molecule has 0 atom stereocenters. The molecule has 0 saturated carbocycles. The Kier molecular flexibility index (Phi) is 2.85. The van der Waals surface area contributed by atoms with Crippen LogP contribution in [0.15, 0.2) is 35.3 Å². The van der Waals surface area contributed by atoms with E-state index in [9.17, 15) is 4.79 Å². The lowest BCUT2D eigenvalue weighted by Gasteiger charge is -2.07. The number of nitrogens with two attached hydrogens (primary N) is 1. The van der Waals surface area contributed by atoms with Crippen molar-refractivity contribution in [1.82, 2.24) is 9.78 Å². The molecule has 0 amide bonds. The maximum Gasteiger partial charge on any atom is 0.273 e. The van der Waals surface area contributed by atoms with Crippen LogP contribution in [0.5, 0.6) is 0 Å². The molecular weight excluding hydrogens is 249 g/mol. The van der Waals surface area contributed by atoms with E-state index in [4.69, 9.17) is 28.9 Å². The minimum Gasteiger partial charge on any atom is -0.397 e. The smallest absolute Gasteiger partial charge is 0.273 e. The van der Waals surface area contributed by atoms with Gasteiger partial charge < -0.3 is 5.73 Å². The third-order valence-corrected chi connectivity index (χ3v) is 2.79. The van der Waals surface area contributed by atoms with Gasteiger partial charge >= 0.3 is 0 Å². The Labute approximate surface area is 101 Å². The van der Waals surface area contributed by atoms with Gasteiger partial charge in [-0.25, -0.2) is 0 Å². The SMILES string of the molecule is Nc1cnn(-c2cccc(Cl)c2Cl)c(=O)c1. The number of nitrogens with zero attached hydrogens (tertiary/aromatic N) is 2. The molecule has 0 radical (unpaired) electrons. The third-order valence-electron chi connectivity index (χ3n) is 1.98. The van der Waals surface area contributed by atoms with Gasteiger partial charge in [0.2, 0.25) is 0 Å². The third kappa shape index (κ3) is 1.89. The molecule has 6 heteroatoms. The lowest BCUT2D eigenvalue weighted by atomic mass is 10.3. The topological polar surface area (TPSA) is 60.9 Å². The van der Waals surface area contributed by atoms with Crippen LogP contribution in [0.3, 0.4) is 0 Å². The van der Waals surface area contributed by atoms with E-state index in [-0.39, 0.29) is 10.6 Å². The van der Waals surface area contributed by atoms with Gasteiger partial charge in [0.25, 0.3) is 5.56 Å². The Hall–Kier alpha value is -1.52. The highest BCUT2D eigenvalue weighted by Crippen LogP contribution is 2.27. The summed E-state index contributed by atoms with van der Waals surface area (Å²) in [5.41, 5.74) is 5.82. The molecule has 0 aliphatic heterocycles. The van der Waals surface area contributed by atoms with Crippen LogP contribution in [0, 0.1) is 0 Å². The van der Waals surface area contributed by atoms with E-state index in [2.05, 4.69) is 5.10 Å². The Morgan fingerprint density at radius 3 is 2.75 bits per heavy atom. The fourth-order valence-electron chi connectivity index (χ4n) is 1.26. The predicted molar refractivity (Wildman–Crippen MR) is 64.3 cm³/mol. The summed E-state index contributed by atoms with van der Waals surface area (Å²) in [5.74, 6) is 0. The largest absolute Gasteiger partial charge is 0.397 e. The van der Waals surface area contributed by atoms with Gasteiger partial charge in [-0.15, -0.1) is 0 Å². The highest BCUT2D eigenvalue weighted by Gasteiger charge is 2.08. The predicted octanol–water partition coefficient (Wildman–Crippen LogP) is 2.12. The van der Waals surface area contributed by atoms with Crippen molar-refractivity contribution in [1.29, 1.82) is 0 Å². The molecule has 16 heavy (non-hydrogen) atoms. The first-order chi connectivity index (χ1) is 7.59. The Morgan fingerprint density at radius 1 is 1.31 bits per heavy atom. The fraction of sp³-hybridized carbons (Fsp3) is 0. The van der Waals surface area contributed by atoms with Crippen molar-refractivity contribution in [2.24, 2.45) is 0 Å². The number of aromatic nitrogens is 2. The van der Waals surface area contributed by atoms with E-state index in [1.165, 1.54) is 12.3 Å². The van der Waals surface area contributed by atoms with Crippen molar-refractivity contribution in [3.63, 3.8) is 0 Å². The summed E-state index contributed by atoms with van der Waals surface area (Å²) >= 11 is 11.8. The molecule has 1 heterocycles. The highest BCUT2D eigenvalue weighted by molar-refractivity contribution is 6.43. The quantitative estimate of drug-likeness (QED) is 0.850. The van der Waals surface area contributed by atoms with Gasteiger partial charge in [-0.3, -0.25) is 4.79 Å². The van der Waals surface area contributed by atoms with Gasteiger partial charge in [0.1, 0.15) is 0 Å².